The number of aryl methyl sites for hydroxylation is 1. The lowest BCUT2D eigenvalue weighted by Crippen LogP contribution is -2.42. The molecule has 1 aromatic carbocycles. The zero-order chi connectivity index (χ0) is 15.5. The maximum Gasteiger partial charge on any atom is 0.243 e. The molecule has 21 heavy (non-hydrogen) atoms. The molecule has 1 aliphatic rings. The predicted molar refractivity (Wildman–Crippen MR) is 85.7 cm³/mol. The number of halogens is 2. The Labute approximate surface area is 134 Å². The van der Waals surface area contributed by atoms with E-state index in [0.29, 0.717) is 17.4 Å². The van der Waals surface area contributed by atoms with E-state index in [-0.39, 0.29) is 10.9 Å². The lowest BCUT2D eigenvalue weighted by molar-refractivity contribution is 0.263. The standard InChI is InChI=1S/C15H21BrFNO2S/c1-12-7-8-13(17)11-15(12)21(19,20)18(10-9-16)14-5-3-2-4-6-14/h7-8,11,14H,2-6,9-10H2,1H3. The van der Waals surface area contributed by atoms with Crippen LogP contribution in [-0.4, -0.2) is 30.6 Å². The van der Waals surface area contributed by atoms with Gasteiger partial charge in [0.05, 0.1) is 4.90 Å². The Bertz CT molecular complexity index is 585. The van der Waals surface area contributed by atoms with Crippen LogP contribution in [0.4, 0.5) is 4.39 Å². The highest BCUT2D eigenvalue weighted by Crippen LogP contribution is 2.29. The third-order valence-corrected chi connectivity index (χ3v) is 6.47. The van der Waals surface area contributed by atoms with Crippen molar-refractivity contribution in [1.82, 2.24) is 4.31 Å². The topological polar surface area (TPSA) is 37.4 Å². The van der Waals surface area contributed by atoms with Gasteiger partial charge >= 0.3 is 0 Å². The number of hydrogen-bond donors (Lipinski definition) is 0. The Kier molecular flexibility index (Phi) is 5.80. The molecule has 118 valence electrons. The fourth-order valence-corrected chi connectivity index (χ4v) is 5.47. The molecule has 0 aliphatic heterocycles. The lowest BCUT2D eigenvalue weighted by atomic mass is 9.95. The average Bonchev–Trinajstić information content (AvgIpc) is 2.48. The highest BCUT2D eigenvalue weighted by molar-refractivity contribution is 9.09. The van der Waals surface area contributed by atoms with Crippen LogP contribution in [0.5, 0.6) is 0 Å². The molecule has 1 aliphatic carbocycles. The molecule has 3 nitrogen and oxygen atoms in total. The maximum absolute atomic E-state index is 13.5. The fourth-order valence-electron chi connectivity index (χ4n) is 2.93. The van der Waals surface area contributed by atoms with Crippen molar-refractivity contribution in [2.45, 2.75) is 50.0 Å². The number of sulfonamides is 1. The summed E-state index contributed by atoms with van der Waals surface area (Å²) in [4.78, 5) is 0.0917. The van der Waals surface area contributed by atoms with E-state index < -0.39 is 15.8 Å². The van der Waals surface area contributed by atoms with Gasteiger partial charge in [-0.1, -0.05) is 41.3 Å². The van der Waals surface area contributed by atoms with Crippen LogP contribution in [0.1, 0.15) is 37.7 Å². The van der Waals surface area contributed by atoms with Crippen molar-refractivity contribution in [2.24, 2.45) is 0 Å². The van der Waals surface area contributed by atoms with Crippen molar-refractivity contribution < 1.29 is 12.8 Å². The van der Waals surface area contributed by atoms with E-state index in [0.717, 1.165) is 38.2 Å². The monoisotopic (exact) mass is 377 g/mol. The highest BCUT2D eigenvalue weighted by atomic mass is 79.9. The van der Waals surface area contributed by atoms with Gasteiger partial charge in [0.25, 0.3) is 0 Å². The Morgan fingerprint density at radius 3 is 2.57 bits per heavy atom. The Morgan fingerprint density at radius 1 is 1.29 bits per heavy atom. The minimum atomic E-state index is -3.65. The number of nitrogens with zero attached hydrogens (tertiary/aromatic N) is 1. The van der Waals surface area contributed by atoms with Crippen LogP contribution in [0.15, 0.2) is 23.1 Å². The lowest BCUT2D eigenvalue weighted by Gasteiger charge is -2.33. The molecule has 1 fully saturated rings. The molecule has 0 heterocycles. The van der Waals surface area contributed by atoms with E-state index in [1.165, 1.54) is 12.1 Å². The second-order valence-electron chi connectivity index (χ2n) is 5.51. The summed E-state index contributed by atoms with van der Waals surface area (Å²) >= 11 is 3.33. The van der Waals surface area contributed by atoms with Gasteiger partial charge in [-0.25, -0.2) is 12.8 Å². The van der Waals surface area contributed by atoms with Crippen LogP contribution >= 0.6 is 15.9 Å². The van der Waals surface area contributed by atoms with Gasteiger partial charge in [0.2, 0.25) is 10.0 Å². The maximum atomic E-state index is 13.5. The van der Waals surface area contributed by atoms with Crippen molar-refractivity contribution >= 4 is 26.0 Å². The van der Waals surface area contributed by atoms with E-state index in [4.69, 9.17) is 0 Å². The normalized spacial score (nSPS) is 17.3. The van der Waals surface area contributed by atoms with Crippen molar-refractivity contribution in [3.05, 3.63) is 29.6 Å². The Balaban J connectivity index is 2.39. The van der Waals surface area contributed by atoms with Gasteiger partial charge in [-0.3, -0.25) is 0 Å². The predicted octanol–water partition coefficient (Wildman–Crippen LogP) is 3.85. The van der Waals surface area contributed by atoms with Crippen LogP contribution in [0, 0.1) is 12.7 Å². The van der Waals surface area contributed by atoms with Gasteiger partial charge < -0.3 is 0 Å². The van der Waals surface area contributed by atoms with E-state index >= 15 is 0 Å². The zero-order valence-corrected chi connectivity index (χ0v) is 14.6. The highest BCUT2D eigenvalue weighted by Gasteiger charge is 2.32. The summed E-state index contributed by atoms with van der Waals surface area (Å²) in [6.07, 6.45) is 5.06. The Morgan fingerprint density at radius 2 is 1.95 bits per heavy atom. The summed E-state index contributed by atoms with van der Waals surface area (Å²) < 4.78 is 40.9. The van der Waals surface area contributed by atoms with Crippen LogP contribution in [0.25, 0.3) is 0 Å². The van der Waals surface area contributed by atoms with Crippen molar-refractivity contribution in [2.75, 3.05) is 11.9 Å². The van der Waals surface area contributed by atoms with Crippen LogP contribution in [0.3, 0.4) is 0 Å². The zero-order valence-electron chi connectivity index (χ0n) is 12.2. The molecular formula is C15H21BrFNO2S. The SMILES string of the molecule is Cc1ccc(F)cc1S(=O)(=O)N(CCBr)C1CCCCC1. The molecule has 0 saturated heterocycles. The summed E-state index contributed by atoms with van der Waals surface area (Å²) in [7, 11) is -3.65. The molecule has 0 aromatic heterocycles. The third-order valence-electron chi connectivity index (χ3n) is 4.02. The molecule has 0 unspecified atom stereocenters. The van der Waals surface area contributed by atoms with E-state index in [1.807, 2.05) is 0 Å². The minimum absolute atomic E-state index is 0.0315. The summed E-state index contributed by atoms with van der Waals surface area (Å²) in [6, 6.07) is 3.98. The van der Waals surface area contributed by atoms with Crippen LogP contribution in [0.2, 0.25) is 0 Å². The molecule has 0 atom stereocenters. The summed E-state index contributed by atoms with van der Waals surface area (Å²) in [5.41, 5.74) is 0.590. The van der Waals surface area contributed by atoms with Gasteiger partial charge in [-0.15, -0.1) is 0 Å². The molecule has 2 rings (SSSR count). The van der Waals surface area contributed by atoms with Gasteiger partial charge in [0.1, 0.15) is 5.82 Å². The molecule has 1 aromatic rings. The second kappa shape index (κ2) is 7.20. The molecule has 0 N–H and O–H groups in total. The number of benzene rings is 1. The van der Waals surface area contributed by atoms with Crippen LogP contribution < -0.4 is 0 Å². The molecule has 0 spiro atoms. The Hall–Kier alpha value is -0.460. The van der Waals surface area contributed by atoms with Crippen molar-refractivity contribution in [3.63, 3.8) is 0 Å². The van der Waals surface area contributed by atoms with Gasteiger partial charge in [-0.2, -0.15) is 4.31 Å². The van der Waals surface area contributed by atoms with Crippen LogP contribution in [-0.2, 0) is 10.0 Å². The first-order valence-electron chi connectivity index (χ1n) is 7.31. The smallest absolute Gasteiger partial charge is 0.207 e. The number of rotatable bonds is 5. The first-order chi connectivity index (χ1) is 9.96. The summed E-state index contributed by atoms with van der Waals surface area (Å²) in [5.74, 6) is -0.512. The van der Waals surface area contributed by atoms with E-state index in [9.17, 15) is 12.8 Å². The van der Waals surface area contributed by atoms with Crippen molar-refractivity contribution in [1.29, 1.82) is 0 Å². The van der Waals surface area contributed by atoms with Gasteiger partial charge in [-0.05, 0) is 37.5 Å². The summed E-state index contributed by atoms with van der Waals surface area (Å²) in [5, 5.41) is 0.580. The van der Waals surface area contributed by atoms with Gasteiger partial charge in [0, 0.05) is 17.9 Å². The molecular weight excluding hydrogens is 357 g/mol. The molecule has 1 saturated carbocycles. The van der Waals surface area contributed by atoms with Gasteiger partial charge in [0.15, 0.2) is 0 Å². The summed E-state index contributed by atoms with van der Waals surface area (Å²) in [6.45, 7) is 2.13. The minimum Gasteiger partial charge on any atom is -0.207 e. The molecule has 0 amide bonds. The quantitative estimate of drug-likeness (QED) is 0.730. The first-order valence-corrected chi connectivity index (χ1v) is 9.87. The molecule has 0 bridgehead atoms. The molecule has 6 heteroatoms. The fraction of sp³-hybridized carbons (Fsp3) is 0.600. The largest absolute Gasteiger partial charge is 0.243 e. The van der Waals surface area contributed by atoms with E-state index in [1.54, 1.807) is 11.2 Å². The average molecular weight is 378 g/mol. The number of alkyl halides is 1. The number of hydrogen-bond acceptors (Lipinski definition) is 2. The third kappa shape index (κ3) is 3.85. The van der Waals surface area contributed by atoms with Crippen molar-refractivity contribution in [3.8, 4) is 0 Å². The molecule has 0 radical (unpaired) electrons. The first kappa shape index (κ1) is 16.9. The second-order valence-corrected chi connectivity index (χ2v) is 8.16. The van der Waals surface area contributed by atoms with E-state index in [2.05, 4.69) is 15.9 Å².